The van der Waals surface area contributed by atoms with Crippen LogP contribution in [0.25, 0.3) is 10.8 Å². The van der Waals surface area contributed by atoms with Crippen molar-refractivity contribution in [3.8, 4) is 5.75 Å². The van der Waals surface area contributed by atoms with Crippen molar-refractivity contribution in [1.82, 2.24) is 0 Å². The second kappa shape index (κ2) is 4.49. The van der Waals surface area contributed by atoms with Crippen molar-refractivity contribution in [2.45, 2.75) is 18.6 Å². The summed E-state index contributed by atoms with van der Waals surface area (Å²) in [6.45, 7) is 0. The first-order chi connectivity index (χ1) is 8.35. The van der Waals surface area contributed by atoms with E-state index in [1.165, 1.54) is 6.07 Å². The van der Waals surface area contributed by atoms with E-state index in [-0.39, 0.29) is 5.75 Å². The fourth-order valence-corrected chi connectivity index (χ4v) is 1.85. The van der Waals surface area contributed by atoms with Gasteiger partial charge in [-0.15, -0.1) is 0 Å². The highest BCUT2D eigenvalue weighted by atomic mass is 19.4. The van der Waals surface area contributed by atoms with Crippen LogP contribution in [0, 0.1) is 0 Å². The molecule has 0 unspecified atom stereocenters. The van der Waals surface area contributed by atoms with Crippen LogP contribution < -0.4 is 5.73 Å². The molecule has 2 aromatic carbocycles. The van der Waals surface area contributed by atoms with E-state index in [0.29, 0.717) is 5.56 Å². The molecule has 18 heavy (non-hydrogen) atoms. The minimum absolute atomic E-state index is 0.120. The number of alkyl halides is 3. The molecule has 2 rings (SSSR count). The van der Waals surface area contributed by atoms with Crippen molar-refractivity contribution in [3.05, 3.63) is 42.0 Å². The zero-order chi connectivity index (χ0) is 13.3. The Balaban J connectivity index is 2.32. The first-order valence-electron chi connectivity index (χ1n) is 5.40. The van der Waals surface area contributed by atoms with Gasteiger partial charge in [0.1, 0.15) is 5.75 Å². The average Bonchev–Trinajstić information content (AvgIpc) is 2.26. The van der Waals surface area contributed by atoms with E-state index < -0.39 is 18.6 Å². The van der Waals surface area contributed by atoms with Crippen LogP contribution in [0.2, 0.25) is 0 Å². The van der Waals surface area contributed by atoms with Crippen LogP contribution in [-0.2, 0) is 0 Å². The first-order valence-corrected chi connectivity index (χ1v) is 5.40. The second-order valence-electron chi connectivity index (χ2n) is 4.22. The first kappa shape index (κ1) is 12.7. The predicted octanol–water partition coefficient (Wildman–Crippen LogP) is 3.50. The third-order valence-corrected chi connectivity index (χ3v) is 2.73. The summed E-state index contributed by atoms with van der Waals surface area (Å²) >= 11 is 0. The molecule has 0 amide bonds. The van der Waals surface area contributed by atoms with Gasteiger partial charge < -0.3 is 10.8 Å². The van der Waals surface area contributed by atoms with E-state index in [4.69, 9.17) is 5.73 Å². The van der Waals surface area contributed by atoms with E-state index in [9.17, 15) is 18.3 Å². The summed E-state index contributed by atoms with van der Waals surface area (Å²) < 4.78 is 36.7. The zero-order valence-electron chi connectivity index (χ0n) is 9.41. The van der Waals surface area contributed by atoms with Crippen molar-refractivity contribution in [2.75, 3.05) is 0 Å². The maximum absolute atomic E-state index is 12.2. The lowest BCUT2D eigenvalue weighted by atomic mass is 10.00. The quantitative estimate of drug-likeness (QED) is 0.862. The Kier molecular flexibility index (Phi) is 3.17. The van der Waals surface area contributed by atoms with Gasteiger partial charge in [-0.1, -0.05) is 18.2 Å². The fraction of sp³-hybridized carbons (Fsp3) is 0.231. The molecule has 0 aromatic heterocycles. The number of nitrogens with two attached hydrogens (primary N) is 1. The van der Waals surface area contributed by atoms with Gasteiger partial charge in [-0.3, -0.25) is 0 Å². The third-order valence-electron chi connectivity index (χ3n) is 2.73. The highest BCUT2D eigenvalue weighted by molar-refractivity contribution is 5.84. The topological polar surface area (TPSA) is 46.2 Å². The molecule has 0 saturated carbocycles. The highest BCUT2D eigenvalue weighted by Gasteiger charge is 2.30. The SMILES string of the molecule is N[C@@H](CC(F)(F)F)c1ccc2cc(O)ccc2c1. The number of halogens is 3. The van der Waals surface area contributed by atoms with E-state index >= 15 is 0 Å². The molecule has 2 nitrogen and oxygen atoms in total. The standard InChI is InChI=1S/C13H12F3NO/c14-13(15,16)7-12(17)10-2-1-9-6-11(18)4-3-8(9)5-10/h1-6,12,18H,7,17H2/t12-/m0/s1. The molecule has 1 atom stereocenters. The smallest absolute Gasteiger partial charge is 0.390 e. The van der Waals surface area contributed by atoms with Crippen LogP contribution in [0.5, 0.6) is 5.75 Å². The van der Waals surface area contributed by atoms with E-state index in [1.807, 2.05) is 0 Å². The highest BCUT2D eigenvalue weighted by Crippen LogP contribution is 2.30. The van der Waals surface area contributed by atoms with Crippen LogP contribution in [-0.4, -0.2) is 11.3 Å². The number of aromatic hydroxyl groups is 1. The molecule has 96 valence electrons. The number of fused-ring (bicyclic) bond motifs is 1. The Morgan fingerprint density at radius 1 is 1.06 bits per heavy atom. The Hall–Kier alpha value is -1.75. The lowest BCUT2D eigenvalue weighted by Gasteiger charge is -2.15. The second-order valence-corrected chi connectivity index (χ2v) is 4.22. The molecule has 2 aromatic rings. The number of phenols is 1. The minimum atomic E-state index is -4.27. The van der Waals surface area contributed by atoms with Gasteiger partial charge in [0.2, 0.25) is 0 Å². The zero-order valence-corrected chi connectivity index (χ0v) is 9.41. The molecular weight excluding hydrogens is 243 g/mol. The summed E-state index contributed by atoms with van der Waals surface area (Å²) in [4.78, 5) is 0. The van der Waals surface area contributed by atoms with E-state index in [1.54, 1.807) is 30.3 Å². The summed E-state index contributed by atoms with van der Waals surface area (Å²) in [6.07, 6.45) is -5.32. The van der Waals surface area contributed by atoms with Gasteiger partial charge in [0.15, 0.2) is 0 Å². The maximum Gasteiger partial charge on any atom is 0.390 e. The van der Waals surface area contributed by atoms with Gasteiger partial charge in [-0.05, 0) is 34.5 Å². The molecule has 3 N–H and O–H groups in total. The maximum atomic E-state index is 12.2. The number of phenolic OH excluding ortho intramolecular Hbond substituents is 1. The van der Waals surface area contributed by atoms with Gasteiger partial charge in [0.05, 0.1) is 6.42 Å². The molecule has 0 aliphatic heterocycles. The van der Waals surface area contributed by atoms with E-state index in [2.05, 4.69) is 0 Å². The van der Waals surface area contributed by atoms with Gasteiger partial charge in [0.25, 0.3) is 0 Å². The lowest BCUT2D eigenvalue weighted by molar-refractivity contribution is -0.138. The van der Waals surface area contributed by atoms with Crippen molar-refractivity contribution < 1.29 is 18.3 Å². The van der Waals surface area contributed by atoms with Gasteiger partial charge in [-0.25, -0.2) is 0 Å². The van der Waals surface area contributed by atoms with Crippen molar-refractivity contribution in [3.63, 3.8) is 0 Å². The summed E-state index contributed by atoms with van der Waals surface area (Å²) in [7, 11) is 0. The monoisotopic (exact) mass is 255 g/mol. The number of hydrogen-bond acceptors (Lipinski definition) is 2. The molecule has 0 spiro atoms. The Labute approximate surface area is 102 Å². The Bertz CT molecular complexity index is 566. The molecule has 0 aliphatic carbocycles. The van der Waals surface area contributed by atoms with Gasteiger partial charge in [0, 0.05) is 6.04 Å². The van der Waals surface area contributed by atoms with Gasteiger partial charge >= 0.3 is 6.18 Å². The van der Waals surface area contributed by atoms with Crippen LogP contribution in [0.1, 0.15) is 18.0 Å². The normalized spacial score (nSPS) is 13.8. The van der Waals surface area contributed by atoms with Crippen molar-refractivity contribution in [1.29, 1.82) is 0 Å². The third kappa shape index (κ3) is 2.92. The average molecular weight is 255 g/mol. The van der Waals surface area contributed by atoms with Crippen LogP contribution in [0.15, 0.2) is 36.4 Å². The Morgan fingerprint density at radius 2 is 1.67 bits per heavy atom. The minimum Gasteiger partial charge on any atom is -0.508 e. The van der Waals surface area contributed by atoms with Gasteiger partial charge in [-0.2, -0.15) is 13.2 Å². The molecule has 0 saturated heterocycles. The molecule has 0 fully saturated rings. The van der Waals surface area contributed by atoms with Crippen molar-refractivity contribution >= 4 is 10.8 Å². The molecule has 5 heteroatoms. The summed E-state index contributed by atoms with van der Waals surface area (Å²) in [5.74, 6) is 0.120. The lowest BCUT2D eigenvalue weighted by Crippen LogP contribution is -2.20. The summed E-state index contributed by atoms with van der Waals surface area (Å²) in [6, 6.07) is 8.44. The molecule has 0 heterocycles. The van der Waals surface area contributed by atoms with Crippen LogP contribution in [0.3, 0.4) is 0 Å². The number of benzene rings is 2. The molecule has 0 bridgehead atoms. The number of rotatable bonds is 2. The predicted molar refractivity (Wildman–Crippen MR) is 63.2 cm³/mol. The fourth-order valence-electron chi connectivity index (χ4n) is 1.85. The molecule has 0 aliphatic rings. The Morgan fingerprint density at radius 3 is 2.33 bits per heavy atom. The molecule has 0 radical (unpaired) electrons. The van der Waals surface area contributed by atoms with Crippen LogP contribution >= 0.6 is 0 Å². The van der Waals surface area contributed by atoms with E-state index in [0.717, 1.165) is 10.8 Å². The molecular formula is C13H12F3NO. The van der Waals surface area contributed by atoms with Crippen LogP contribution in [0.4, 0.5) is 13.2 Å². The largest absolute Gasteiger partial charge is 0.508 e. The summed E-state index contributed by atoms with van der Waals surface area (Å²) in [5.41, 5.74) is 5.97. The van der Waals surface area contributed by atoms with Crippen molar-refractivity contribution in [2.24, 2.45) is 5.73 Å². The summed E-state index contributed by atoms with van der Waals surface area (Å²) in [5, 5.41) is 10.8. The number of hydrogen-bond donors (Lipinski definition) is 2.